The average Bonchev–Trinajstić information content (AvgIpc) is 3.40. The van der Waals surface area contributed by atoms with Gasteiger partial charge < -0.3 is 23.9 Å². The van der Waals surface area contributed by atoms with Gasteiger partial charge in [-0.2, -0.15) is 0 Å². The number of methoxy groups -OCH3 is 1. The van der Waals surface area contributed by atoms with Crippen LogP contribution in [-0.2, 0) is 29.2 Å². The third-order valence-corrected chi connectivity index (χ3v) is 5.63. The summed E-state index contributed by atoms with van der Waals surface area (Å²) in [5.74, 6) is -0.305. The minimum absolute atomic E-state index is 0.0632. The van der Waals surface area contributed by atoms with Gasteiger partial charge in [-0.05, 0) is 31.5 Å². The van der Waals surface area contributed by atoms with Crippen molar-refractivity contribution in [3.8, 4) is 0 Å². The molecule has 1 aromatic carbocycles. The Labute approximate surface area is 185 Å². The molecule has 2 aromatic heterocycles. The minimum Gasteiger partial charge on any atom is -0.464 e. The van der Waals surface area contributed by atoms with Crippen molar-refractivity contribution in [2.45, 2.75) is 39.0 Å². The number of amides is 2. The van der Waals surface area contributed by atoms with Crippen LogP contribution in [0.3, 0.4) is 0 Å². The van der Waals surface area contributed by atoms with Crippen LogP contribution < -0.4 is 5.32 Å². The summed E-state index contributed by atoms with van der Waals surface area (Å²) in [6.07, 6.45) is 1.39. The molecule has 1 aliphatic rings. The number of esters is 1. The summed E-state index contributed by atoms with van der Waals surface area (Å²) in [4.78, 5) is 44.6. The maximum atomic E-state index is 13.6. The molecule has 0 bridgehead atoms. The third-order valence-electron chi connectivity index (χ3n) is 5.63. The molecule has 0 saturated carbocycles. The lowest BCUT2D eigenvalue weighted by atomic mass is 9.94. The summed E-state index contributed by atoms with van der Waals surface area (Å²) in [5, 5.41) is 2.93. The van der Waals surface area contributed by atoms with Crippen molar-refractivity contribution in [2.24, 2.45) is 0 Å². The van der Waals surface area contributed by atoms with Gasteiger partial charge in [0.1, 0.15) is 22.8 Å². The van der Waals surface area contributed by atoms with Crippen LogP contribution >= 0.6 is 0 Å². The maximum Gasteiger partial charge on any atom is 0.359 e. The van der Waals surface area contributed by atoms with E-state index in [0.29, 0.717) is 18.1 Å². The van der Waals surface area contributed by atoms with Crippen LogP contribution in [0.5, 0.6) is 0 Å². The van der Waals surface area contributed by atoms with Gasteiger partial charge in [-0.1, -0.05) is 30.3 Å². The van der Waals surface area contributed by atoms with Crippen molar-refractivity contribution in [3.05, 3.63) is 77.3 Å². The molecule has 0 saturated heterocycles. The highest BCUT2D eigenvalue weighted by molar-refractivity contribution is 6.06. The highest BCUT2D eigenvalue weighted by Crippen LogP contribution is 2.31. The molecule has 32 heavy (non-hydrogen) atoms. The SMILES string of the molecule is COC(=O)c1ncn2c1C(=O)N(Cc1ccc(C)o1)[C@](C)(C(=O)NCc1ccccc1)C2. The summed E-state index contributed by atoms with van der Waals surface area (Å²) in [7, 11) is 1.23. The van der Waals surface area contributed by atoms with E-state index in [9.17, 15) is 14.4 Å². The van der Waals surface area contributed by atoms with E-state index in [1.165, 1.54) is 22.9 Å². The summed E-state index contributed by atoms with van der Waals surface area (Å²) in [5.41, 5.74) is -0.289. The standard InChI is InChI=1S/C23H24N4O5/c1-15-9-10-17(32-15)12-27-20(28)19-18(21(29)31-3)25-14-26(19)13-23(27,2)22(30)24-11-16-7-5-4-6-8-16/h4-10,14H,11-13H2,1-3H3,(H,24,30)/t23-/m0/s1. The second kappa shape index (κ2) is 8.33. The smallest absolute Gasteiger partial charge is 0.359 e. The molecule has 1 atom stereocenters. The van der Waals surface area contributed by atoms with Crippen LogP contribution in [0.25, 0.3) is 0 Å². The van der Waals surface area contributed by atoms with Crippen LogP contribution in [0.4, 0.5) is 0 Å². The Morgan fingerprint density at radius 2 is 1.97 bits per heavy atom. The zero-order valence-corrected chi connectivity index (χ0v) is 18.1. The Balaban J connectivity index is 1.69. The number of rotatable bonds is 6. The van der Waals surface area contributed by atoms with E-state index in [1.54, 1.807) is 26.0 Å². The fourth-order valence-electron chi connectivity index (χ4n) is 3.88. The van der Waals surface area contributed by atoms with Crippen molar-refractivity contribution in [1.82, 2.24) is 19.8 Å². The molecule has 1 aliphatic heterocycles. The highest BCUT2D eigenvalue weighted by atomic mass is 16.5. The van der Waals surface area contributed by atoms with Crippen LogP contribution in [0, 0.1) is 6.92 Å². The van der Waals surface area contributed by atoms with Crippen molar-refractivity contribution < 1.29 is 23.5 Å². The third kappa shape index (κ3) is 3.77. The summed E-state index contributed by atoms with van der Waals surface area (Å²) >= 11 is 0. The molecule has 3 aromatic rings. The van der Waals surface area contributed by atoms with Crippen LogP contribution in [0.1, 0.15) is 45.0 Å². The van der Waals surface area contributed by atoms with Gasteiger partial charge in [0.2, 0.25) is 5.91 Å². The second-order valence-corrected chi connectivity index (χ2v) is 7.91. The van der Waals surface area contributed by atoms with Crippen molar-refractivity contribution in [1.29, 1.82) is 0 Å². The largest absolute Gasteiger partial charge is 0.464 e. The van der Waals surface area contributed by atoms with Crippen molar-refractivity contribution in [2.75, 3.05) is 7.11 Å². The number of furan rings is 1. The molecule has 0 unspecified atom stereocenters. The monoisotopic (exact) mass is 436 g/mol. The Morgan fingerprint density at radius 3 is 2.62 bits per heavy atom. The predicted octanol–water partition coefficient (Wildman–Crippen LogP) is 2.30. The predicted molar refractivity (Wildman–Crippen MR) is 114 cm³/mol. The number of aryl methyl sites for hydroxylation is 1. The Bertz CT molecular complexity index is 1170. The minimum atomic E-state index is -1.24. The molecule has 166 valence electrons. The number of carbonyl (C=O) groups is 3. The molecular weight excluding hydrogens is 412 g/mol. The molecule has 0 aliphatic carbocycles. The Kier molecular flexibility index (Phi) is 5.56. The first-order chi connectivity index (χ1) is 15.3. The van der Waals surface area contributed by atoms with Gasteiger partial charge in [0.25, 0.3) is 5.91 Å². The quantitative estimate of drug-likeness (QED) is 0.595. The maximum absolute atomic E-state index is 13.6. The van der Waals surface area contributed by atoms with Gasteiger partial charge in [0.15, 0.2) is 5.69 Å². The topological polar surface area (TPSA) is 107 Å². The van der Waals surface area contributed by atoms with E-state index in [1.807, 2.05) is 30.3 Å². The molecule has 2 amide bonds. The first kappa shape index (κ1) is 21.4. The molecule has 0 spiro atoms. The van der Waals surface area contributed by atoms with Gasteiger partial charge in [0.05, 0.1) is 26.5 Å². The first-order valence-electron chi connectivity index (χ1n) is 10.2. The molecule has 0 fully saturated rings. The number of nitrogens with zero attached hydrogens (tertiary/aromatic N) is 3. The second-order valence-electron chi connectivity index (χ2n) is 7.91. The number of hydrogen-bond donors (Lipinski definition) is 1. The number of hydrogen-bond acceptors (Lipinski definition) is 6. The number of imidazole rings is 1. The van der Waals surface area contributed by atoms with Crippen molar-refractivity contribution >= 4 is 17.8 Å². The lowest BCUT2D eigenvalue weighted by Gasteiger charge is -2.43. The number of aromatic nitrogens is 2. The van der Waals surface area contributed by atoms with Gasteiger partial charge in [0, 0.05) is 6.54 Å². The normalized spacial score (nSPS) is 17.7. The summed E-state index contributed by atoms with van der Waals surface area (Å²) in [6, 6.07) is 13.1. The molecule has 1 N–H and O–H groups in total. The van der Waals surface area contributed by atoms with Gasteiger partial charge in [-0.25, -0.2) is 9.78 Å². The Morgan fingerprint density at radius 1 is 1.22 bits per heavy atom. The van der Waals surface area contributed by atoms with Crippen molar-refractivity contribution in [3.63, 3.8) is 0 Å². The van der Waals surface area contributed by atoms with E-state index in [4.69, 9.17) is 9.15 Å². The summed E-state index contributed by atoms with van der Waals surface area (Å²) in [6.45, 7) is 4.01. The van der Waals surface area contributed by atoms with Crippen LogP contribution in [0.15, 0.2) is 53.2 Å². The molecule has 3 heterocycles. The van der Waals surface area contributed by atoms with Gasteiger partial charge in [-0.15, -0.1) is 0 Å². The van der Waals surface area contributed by atoms with E-state index in [0.717, 1.165) is 5.56 Å². The van der Waals surface area contributed by atoms with E-state index >= 15 is 0 Å². The number of carbonyl (C=O) groups excluding carboxylic acids is 3. The van der Waals surface area contributed by atoms with E-state index in [-0.39, 0.29) is 30.4 Å². The molecule has 4 rings (SSSR count). The zero-order valence-electron chi connectivity index (χ0n) is 18.1. The van der Waals surface area contributed by atoms with Gasteiger partial charge >= 0.3 is 5.97 Å². The van der Waals surface area contributed by atoms with Crippen LogP contribution in [0.2, 0.25) is 0 Å². The fourth-order valence-corrected chi connectivity index (χ4v) is 3.88. The average molecular weight is 436 g/mol. The number of benzene rings is 1. The van der Waals surface area contributed by atoms with E-state index in [2.05, 4.69) is 10.3 Å². The first-order valence-corrected chi connectivity index (χ1v) is 10.2. The molecule has 0 radical (unpaired) electrons. The lowest BCUT2D eigenvalue weighted by molar-refractivity contribution is -0.133. The number of nitrogens with one attached hydrogen (secondary N) is 1. The lowest BCUT2D eigenvalue weighted by Crippen LogP contribution is -2.63. The molecule has 9 nitrogen and oxygen atoms in total. The fraction of sp³-hybridized carbons (Fsp3) is 0.304. The Hall–Kier alpha value is -3.88. The zero-order chi connectivity index (χ0) is 22.9. The van der Waals surface area contributed by atoms with Crippen LogP contribution in [-0.4, -0.2) is 44.9 Å². The molecule has 9 heteroatoms. The number of ether oxygens (including phenoxy) is 1. The summed E-state index contributed by atoms with van der Waals surface area (Å²) < 4.78 is 12.0. The molecular formula is C23H24N4O5. The highest BCUT2D eigenvalue weighted by Gasteiger charge is 2.49. The van der Waals surface area contributed by atoms with Gasteiger partial charge in [-0.3, -0.25) is 9.59 Å². The van der Waals surface area contributed by atoms with E-state index < -0.39 is 17.4 Å². The number of fused-ring (bicyclic) bond motifs is 1.